The Morgan fingerprint density at radius 3 is 2.30 bits per heavy atom. The number of para-hydroxylation sites is 3. The number of hydrogen-bond acceptors (Lipinski definition) is 4. The van der Waals surface area contributed by atoms with E-state index in [0.29, 0.717) is 22.7 Å². The Morgan fingerprint density at radius 2 is 1.60 bits per heavy atom. The molecule has 0 fully saturated rings. The van der Waals surface area contributed by atoms with Crippen LogP contribution in [0.15, 0.2) is 48.5 Å². The summed E-state index contributed by atoms with van der Waals surface area (Å²) < 4.78 is 5.33. The molecule has 0 aliphatic rings. The molecule has 98 valence electrons. The maximum Gasteiger partial charge on any atom is 0.170 e. The van der Waals surface area contributed by atoms with Crippen molar-refractivity contribution in [3.8, 4) is 17.0 Å². The van der Waals surface area contributed by atoms with Crippen LogP contribution in [0.1, 0.15) is 10.5 Å². The monoisotopic (exact) mass is 264 g/mol. The number of carbonyl (C=O) groups is 1. The standard InChI is InChI=1S/C16H12N2O2/c1-20-15-9-5-2-6-11(15)16-14(10-19)17-12-7-3-4-8-13(12)18-16/h2-10H,1H3. The summed E-state index contributed by atoms with van der Waals surface area (Å²) in [6.45, 7) is 0. The highest BCUT2D eigenvalue weighted by molar-refractivity contribution is 5.89. The highest BCUT2D eigenvalue weighted by Crippen LogP contribution is 2.30. The van der Waals surface area contributed by atoms with Gasteiger partial charge in [0.2, 0.25) is 0 Å². The Morgan fingerprint density at radius 1 is 0.950 bits per heavy atom. The predicted molar refractivity (Wildman–Crippen MR) is 76.9 cm³/mol. The highest BCUT2D eigenvalue weighted by atomic mass is 16.5. The summed E-state index contributed by atoms with van der Waals surface area (Å²) in [6.07, 6.45) is 0.723. The largest absolute Gasteiger partial charge is 0.496 e. The van der Waals surface area contributed by atoms with Crippen LogP contribution < -0.4 is 4.74 Å². The van der Waals surface area contributed by atoms with Gasteiger partial charge in [-0.05, 0) is 24.3 Å². The van der Waals surface area contributed by atoms with E-state index in [0.717, 1.165) is 17.4 Å². The normalized spacial score (nSPS) is 10.4. The molecular formula is C16H12N2O2. The van der Waals surface area contributed by atoms with Crippen molar-refractivity contribution in [1.29, 1.82) is 0 Å². The van der Waals surface area contributed by atoms with Gasteiger partial charge in [0, 0.05) is 5.56 Å². The number of benzene rings is 2. The Labute approximate surface area is 116 Å². The first-order chi connectivity index (χ1) is 9.83. The smallest absolute Gasteiger partial charge is 0.170 e. The highest BCUT2D eigenvalue weighted by Gasteiger charge is 2.13. The molecule has 0 saturated carbocycles. The minimum absolute atomic E-state index is 0.313. The van der Waals surface area contributed by atoms with E-state index >= 15 is 0 Å². The number of aldehydes is 1. The summed E-state index contributed by atoms with van der Waals surface area (Å²) in [5, 5.41) is 0. The van der Waals surface area contributed by atoms with Crippen molar-refractivity contribution >= 4 is 17.3 Å². The molecule has 3 rings (SSSR count). The van der Waals surface area contributed by atoms with Crippen LogP contribution in [-0.2, 0) is 0 Å². The van der Waals surface area contributed by atoms with E-state index in [-0.39, 0.29) is 0 Å². The van der Waals surface area contributed by atoms with Gasteiger partial charge in [0.05, 0.1) is 18.1 Å². The molecule has 0 spiro atoms. The van der Waals surface area contributed by atoms with E-state index in [9.17, 15) is 4.79 Å². The van der Waals surface area contributed by atoms with Gasteiger partial charge in [-0.15, -0.1) is 0 Å². The van der Waals surface area contributed by atoms with Crippen molar-refractivity contribution in [2.24, 2.45) is 0 Å². The van der Waals surface area contributed by atoms with Gasteiger partial charge in [-0.1, -0.05) is 24.3 Å². The first-order valence-corrected chi connectivity index (χ1v) is 6.19. The van der Waals surface area contributed by atoms with Crippen molar-refractivity contribution in [2.75, 3.05) is 7.11 Å². The average molecular weight is 264 g/mol. The third kappa shape index (κ3) is 2.01. The van der Waals surface area contributed by atoms with Crippen LogP contribution in [0, 0.1) is 0 Å². The van der Waals surface area contributed by atoms with Crippen LogP contribution >= 0.6 is 0 Å². The van der Waals surface area contributed by atoms with E-state index in [4.69, 9.17) is 4.74 Å². The van der Waals surface area contributed by atoms with E-state index in [1.807, 2.05) is 48.5 Å². The second kappa shape index (κ2) is 5.09. The second-order valence-corrected chi connectivity index (χ2v) is 4.26. The molecule has 0 aliphatic carbocycles. The first-order valence-electron chi connectivity index (χ1n) is 6.19. The molecule has 3 aromatic rings. The molecule has 0 bridgehead atoms. The summed E-state index contributed by atoms with van der Waals surface area (Å²) in [4.78, 5) is 20.2. The van der Waals surface area contributed by atoms with Gasteiger partial charge in [0.15, 0.2) is 6.29 Å². The van der Waals surface area contributed by atoms with Gasteiger partial charge in [0.25, 0.3) is 0 Å². The Kier molecular flexibility index (Phi) is 3.13. The molecule has 0 unspecified atom stereocenters. The minimum Gasteiger partial charge on any atom is -0.496 e. The minimum atomic E-state index is 0.313. The van der Waals surface area contributed by atoms with E-state index in [1.165, 1.54) is 0 Å². The second-order valence-electron chi connectivity index (χ2n) is 4.26. The molecule has 0 saturated heterocycles. The molecular weight excluding hydrogens is 252 g/mol. The van der Waals surface area contributed by atoms with Gasteiger partial charge in [-0.25, -0.2) is 9.97 Å². The summed E-state index contributed by atoms with van der Waals surface area (Å²) in [7, 11) is 1.59. The molecule has 2 aromatic carbocycles. The lowest BCUT2D eigenvalue weighted by molar-refractivity contribution is 0.111. The van der Waals surface area contributed by atoms with E-state index < -0.39 is 0 Å². The van der Waals surface area contributed by atoms with Crippen LogP contribution in [0.5, 0.6) is 5.75 Å². The Hall–Kier alpha value is -2.75. The maximum absolute atomic E-state index is 11.3. The number of fused-ring (bicyclic) bond motifs is 1. The molecule has 1 heterocycles. The number of methoxy groups -OCH3 is 1. The molecule has 0 amide bonds. The number of rotatable bonds is 3. The fourth-order valence-electron chi connectivity index (χ4n) is 2.13. The quantitative estimate of drug-likeness (QED) is 0.682. The summed E-state index contributed by atoms with van der Waals surface area (Å²) in [5.41, 5.74) is 3.06. The molecule has 4 heteroatoms. The lowest BCUT2D eigenvalue weighted by Gasteiger charge is -2.10. The van der Waals surface area contributed by atoms with Crippen LogP contribution in [-0.4, -0.2) is 23.4 Å². The third-order valence-electron chi connectivity index (χ3n) is 3.07. The summed E-state index contributed by atoms with van der Waals surface area (Å²) >= 11 is 0. The molecule has 4 nitrogen and oxygen atoms in total. The number of nitrogens with zero attached hydrogens (tertiary/aromatic N) is 2. The van der Waals surface area contributed by atoms with Crippen LogP contribution in [0.3, 0.4) is 0 Å². The number of hydrogen-bond donors (Lipinski definition) is 0. The van der Waals surface area contributed by atoms with Crippen LogP contribution in [0.2, 0.25) is 0 Å². The zero-order chi connectivity index (χ0) is 13.9. The van der Waals surface area contributed by atoms with Crippen molar-refractivity contribution < 1.29 is 9.53 Å². The lowest BCUT2D eigenvalue weighted by atomic mass is 10.1. The molecule has 0 atom stereocenters. The van der Waals surface area contributed by atoms with E-state index in [2.05, 4.69) is 9.97 Å². The van der Waals surface area contributed by atoms with Gasteiger partial charge < -0.3 is 4.74 Å². The van der Waals surface area contributed by atoms with Gasteiger partial charge in [-0.2, -0.15) is 0 Å². The van der Waals surface area contributed by atoms with Crippen LogP contribution in [0.25, 0.3) is 22.3 Å². The molecule has 0 N–H and O–H groups in total. The molecule has 1 aromatic heterocycles. The topological polar surface area (TPSA) is 52.1 Å². The van der Waals surface area contributed by atoms with Gasteiger partial charge in [-0.3, -0.25) is 4.79 Å². The van der Waals surface area contributed by atoms with E-state index in [1.54, 1.807) is 7.11 Å². The zero-order valence-electron chi connectivity index (χ0n) is 10.9. The Bertz CT molecular complexity index is 784. The number of carbonyl (C=O) groups excluding carboxylic acids is 1. The van der Waals surface area contributed by atoms with Gasteiger partial charge >= 0.3 is 0 Å². The maximum atomic E-state index is 11.3. The third-order valence-corrected chi connectivity index (χ3v) is 3.07. The fraction of sp³-hybridized carbons (Fsp3) is 0.0625. The molecule has 0 radical (unpaired) electrons. The summed E-state index contributed by atoms with van der Waals surface area (Å²) in [6, 6.07) is 14.9. The fourth-order valence-corrected chi connectivity index (χ4v) is 2.13. The zero-order valence-corrected chi connectivity index (χ0v) is 10.9. The van der Waals surface area contributed by atoms with Crippen molar-refractivity contribution in [1.82, 2.24) is 9.97 Å². The van der Waals surface area contributed by atoms with Crippen molar-refractivity contribution in [3.05, 3.63) is 54.2 Å². The van der Waals surface area contributed by atoms with Crippen molar-refractivity contribution in [3.63, 3.8) is 0 Å². The lowest BCUT2D eigenvalue weighted by Crippen LogP contribution is -1.99. The Balaban J connectivity index is 2.31. The number of aromatic nitrogens is 2. The van der Waals surface area contributed by atoms with Crippen LogP contribution in [0.4, 0.5) is 0 Å². The number of ether oxygens (including phenoxy) is 1. The summed E-state index contributed by atoms with van der Waals surface area (Å²) in [5.74, 6) is 0.667. The first kappa shape index (κ1) is 12.3. The molecule has 20 heavy (non-hydrogen) atoms. The van der Waals surface area contributed by atoms with Crippen molar-refractivity contribution in [2.45, 2.75) is 0 Å². The SMILES string of the molecule is COc1ccccc1-c1nc2ccccc2nc1C=O. The average Bonchev–Trinajstić information content (AvgIpc) is 2.53. The molecule has 0 aliphatic heterocycles. The van der Waals surface area contributed by atoms with Gasteiger partial charge in [0.1, 0.15) is 17.1 Å². The predicted octanol–water partition coefficient (Wildman–Crippen LogP) is 3.12.